The number of nitrogens with two attached hydrogens (primary N) is 1. The zero-order valence-corrected chi connectivity index (χ0v) is 11.6. The van der Waals surface area contributed by atoms with Gasteiger partial charge in [-0.15, -0.1) is 16.8 Å². The Morgan fingerprint density at radius 2 is 2.10 bits per heavy atom. The topological polar surface area (TPSA) is 105 Å². The average molecular weight is 289 g/mol. The molecule has 21 heavy (non-hydrogen) atoms. The Morgan fingerprint density at radius 1 is 1.33 bits per heavy atom. The molecule has 0 spiro atoms. The quantitative estimate of drug-likeness (QED) is 0.242. The zero-order chi connectivity index (χ0) is 15.1. The van der Waals surface area contributed by atoms with Crippen LogP contribution in [0.25, 0.3) is 10.8 Å². The third kappa shape index (κ3) is 3.88. The molecule has 0 fully saturated rings. The maximum atomic E-state index is 9.81. The first kappa shape index (κ1) is 15.2. The van der Waals surface area contributed by atoms with E-state index in [0.717, 1.165) is 10.8 Å². The van der Waals surface area contributed by atoms with Crippen molar-refractivity contribution in [3.05, 3.63) is 36.9 Å². The van der Waals surface area contributed by atoms with E-state index in [-0.39, 0.29) is 6.61 Å². The lowest BCUT2D eigenvalue weighted by Crippen LogP contribution is -2.31. The van der Waals surface area contributed by atoms with Crippen molar-refractivity contribution in [3.63, 3.8) is 0 Å². The number of nitrogens with zero attached hydrogens (tertiary/aromatic N) is 2. The van der Waals surface area contributed by atoms with E-state index in [9.17, 15) is 5.11 Å². The smallest absolute Gasteiger partial charge is 0.241 e. The summed E-state index contributed by atoms with van der Waals surface area (Å²) in [6.07, 6.45) is 1.09. The van der Waals surface area contributed by atoms with Crippen LogP contribution in [0.2, 0.25) is 0 Å². The molecular formula is C14H19N5O2. The van der Waals surface area contributed by atoms with Crippen LogP contribution in [-0.2, 0) is 0 Å². The van der Waals surface area contributed by atoms with E-state index in [1.165, 1.54) is 0 Å². The van der Waals surface area contributed by atoms with Gasteiger partial charge in [0.05, 0.1) is 0 Å². The molecule has 7 heteroatoms. The zero-order valence-electron chi connectivity index (χ0n) is 11.6. The number of aromatic nitrogens is 2. The summed E-state index contributed by atoms with van der Waals surface area (Å²) in [5, 5.41) is 22.4. The molecule has 2 rings (SSSR count). The Morgan fingerprint density at radius 3 is 2.81 bits per heavy atom. The van der Waals surface area contributed by atoms with Crippen LogP contribution in [0.5, 0.6) is 5.88 Å². The van der Waals surface area contributed by atoms with Crippen LogP contribution < -0.4 is 21.3 Å². The predicted molar refractivity (Wildman–Crippen MR) is 81.9 cm³/mol. The first-order valence-electron chi connectivity index (χ1n) is 6.60. The summed E-state index contributed by atoms with van der Waals surface area (Å²) >= 11 is 0. The molecule has 1 aromatic carbocycles. The largest absolute Gasteiger partial charge is 0.473 e. The molecule has 2 aromatic rings. The first-order chi connectivity index (χ1) is 10.3. The number of hydrogen-bond donors (Lipinski definition) is 4. The van der Waals surface area contributed by atoms with Crippen molar-refractivity contribution in [2.45, 2.75) is 6.10 Å². The molecular weight excluding hydrogens is 270 g/mol. The number of nitrogen functional groups attached to an aromatic ring is 1. The van der Waals surface area contributed by atoms with Crippen molar-refractivity contribution in [3.8, 4) is 5.88 Å². The van der Waals surface area contributed by atoms with Crippen LogP contribution in [0.4, 0.5) is 5.82 Å². The van der Waals surface area contributed by atoms with Crippen molar-refractivity contribution >= 4 is 16.6 Å². The molecule has 1 aromatic heterocycles. The summed E-state index contributed by atoms with van der Waals surface area (Å²) in [6, 6.07) is 7.48. The fourth-order valence-corrected chi connectivity index (χ4v) is 1.88. The van der Waals surface area contributed by atoms with Gasteiger partial charge in [0, 0.05) is 23.9 Å². The van der Waals surface area contributed by atoms with Gasteiger partial charge in [0.2, 0.25) is 5.88 Å². The van der Waals surface area contributed by atoms with E-state index in [2.05, 4.69) is 27.5 Å². The second-order valence-corrected chi connectivity index (χ2v) is 4.46. The monoisotopic (exact) mass is 289 g/mol. The molecule has 0 radical (unpaired) electrons. The number of hydrazine groups is 1. The fraction of sp³-hybridized carbons (Fsp3) is 0.286. The lowest BCUT2D eigenvalue weighted by molar-refractivity contribution is 0.105. The van der Waals surface area contributed by atoms with Crippen molar-refractivity contribution in [1.82, 2.24) is 15.5 Å². The number of ether oxygens (including phenoxy) is 1. The summed E-state index contributed by atoms with van der Waals surface area (Å²) in [4.78, 5) is 0. The number of aliphatic hydroxyl groups excluding tert-OH is 1. The number of fused-ring (bicyclic) bond motifs is 1. The minimum absolute atomic E-state index is 0.123. The molecule has 0 aliphatic rings. The van der Waals surface area contributed by atoms with Gasteiger partial charge in [-0.3, -0.25) is 0 Å². The van der Waals surface area contributed by atoms with Gasteiger partial charge in [0.1, 0.15) is 12.7 Å². The highest BCUT2D eigenvalue weighted by Gasteiger charge is 2.11. The lowest BCUT2D eigenvalue weighted by Gasteiger charge is -2.13. The Balaban J connectivity index is 2.07. The standard InChI is InChI=1S/C14H19N5O2/c1-2-7-16-8-10(20)9-21-14-12-6-4-3-5-11(12)13(17-15)18-19-14/h2-6,10,16,20H,1,7-9,15H2,(H,17,18). The molecule has 0 bridgehead atoms. The third-order valence-electron chi connectivity index (χ3n) is 2.87. The van der Waals surface area contributed by atoms with Gasteiger partial charge in [-0.05, 0) is 6.07 Å². The first-order valence-corrected chi connectivity index (χ1v) is 6.60. The number of nitrogens with one attached hydrogen (secondary N) is 2. The number of rotatable bonds is 8. The van der Waals surface area contributed by atoms with E-state index in [1.807, 2.05) is 24.3 Å². The number of anilines is 1. The van der Waals surface area contributed by atoms with Gasteiger partial charge in [-0.25, -0.2) is 5.84 Å². The fourth-order valence-electron chi connectivity index (χ4n) is 1.88. The summed E-state index contributed by atoms with van der Waals surface area (Å²) in [5.74, 6) is 6.25. The highest BCUT2D eigenvalue weighted by Crippen LogP contribution is 2.26. The highest BCUT2D eigenvalue weighted by molar-refractivity contribution is 5.94. The normalized spacial score (nSPS) is 12.1. The van der Waals surface area contributed by atoms with Crippen LogP contribution in [0, 0.1) is 0 Å². The van der Waals surface area contributed by atoms with Gasteiger partial charge in [0.15, 0.2) is 5.82 Å². The van der Waals surface area contributed by atoms with E-state index < -0.39 is 6.10 Å². The molecule has 112 valence electrons. The van der Waals surface area contributed by atoms with Gasteiger partial charge >= 0.3 is 0 Å². The molecule has 0 aliphatic carbocycles. The minimum Gasteiger partial charge on any atom is -0.473 e. The maximum Gasteiger partial charge on any atom is 0.241 e. The molecule has 0 amide bonds. The van der Waals surface area contributed by atoms with Crippen molar-refractivity contribution < 1.29 is 9.84 Å². The molecule has 1 heterocycles. The number of benzene rings is 1. The number of aliphatic hydroxyl groups is 1. The van der Waals surface area contributed by atoms with Crippen LogP contribution in [0.15, 0.2) is 36.9 Å². The summed E-state index contributed by atoms with van der Waals surface area (Å²) < 4.78 is 5.55. The number of hydrogen-bond acceptors (Lipinski definition) is 7. The summed E-state index contributed by atoms with van der Waals surface area (Å²) in [7, 11) is 0. The minimum atomic E-state index is -0.641. The Hall–Kier alpha value is -2.22. The van der Waals surface area contributed by atoms with E-state index in [1.54, 1.807) is 6.08 Å². The van der Waals surface area contributed by atoms with Crippen molar-refractivity contribution in [2.75, 3.05) is 25.1 Å². The van der Waals surface area contributed by atoms with Gasteiger partial charge in [-0.1, -0.05) is 24.3 Å². The second kappa shape index (κ2) is 7.53. The molecule has 5 N–H and O–H groups in total. The highest BCUT2D eigenvalue weighted by atomic mass is 16.5. The Bertz CT molecular complexity index is 605. The maximum absolute atomic E-state index is 9.81. The molecule has 0 saturated carbocycles. The Kier molecular flexibility index (Phi) is 5.44. The molecule has 1 unspecified atom stereocenters. The van der Waals surface area contributed by atoms with Crippen molar-refractivity contribution in [1.29, 1.82) is 0 Å². The molecule has 7 nitrogen and oxygen atoms in total. The SMILES string of the molecule is C=CCNCC(O)COc1nnc(NN)c2ccccc12. The van der Waals surface area contributed by atoms with Gasteiger partial charge < -0.3 is 20.6 Å². The van der Waals surface area contributed by atoms with Crippen LogP contribution in [0.3, 0.4) is 0 Å². The lowest BCUT2D eigenvalue weighted by atomic mass is 10.2. The summed E-state index contributed by atoms with van der Waals surface area (Å²) in [5.41, 5.74) is 2.50. The third-order valence-corrected chi connectivity index (χ3v) is 2.87. The van der Waals surface area contributed by atoms with E-state index in [0.29, 0.717) is 24.8 Å². The van der Waals surface area contributed by atoms with Crippen LogP contribution in [0.1, 0.15) is 0 Å². The molecule has 0 aliphatic heterocycles. The Labute approximate surface area is 122 Å². The predicted octanol–water partition coefficient (Wildman–Crippen LogP) is 0.431. The molecule has 1 atom stereocenters. The van der Waals surface area contributed by atoms with E-state index >= 15 is 0 Å². The van der Waals surface area contributed by atoms with E-state index in [4.69, 9.17) is 10.6 Å². The summed E-state index contributed by atoms with van der Waals surface area (Å²) in [6.45, 7) is 4.77. The average Bonchev–Trinajstić information content (AvgIpc) is 2.52. The van der Waals surface area contributed by atoms with Crippen LogP contribution in [-0.4, -0.2) is 41.1 Å². The van der Waals surface area contributed by atoms with Gasteiger partial charge in [-0.2, -0.15) is 0 Å². The van der Waals surface area contributed by atoms with Crippen LogP contribution >= 0.6 is 0 Å². The second-order valence-electron chi connectivity index (χ2n) is 4.46. The van der Waals surface area contributed by atoms with Gasteiger partial charge in [0.25, 0.3) is 0 Å². The van der Waals surface area contributed by atoms with Crippen molar-refractivity contribution in [2.24, 2.45) is 5.84 Å². The molecule has 0 saturated heterocycles.